The molecule has 1 aromatic carbocycles. The molecule has 0 spiro atoms. The van der Waals surface area contributed by atoms with Crippen molar-refractivity contribution < 1.29 is 22.7 Å². The van der Waals surface area contributed by atoms with Crippen LogP contribution >= 0.6 is 11.6 Å². The van der Waals surface area contributed by atoms with Crippen LogP contribution in [0.2, 0.25) is 5.02 Å². The summed E-state index contributed by atoms with van der Waals surface area (Å²) < 4.78 is 43.9. The van der Waals surface area contributed by atoms with E-state index in [1.165, 1.54) is 0 Å². The van der Waals surface area contributed by atoms with Crippen LogP contribution in [0.15, 0.2) is 36.5 Å². The fraction of sp³-hybridized carbons (Fsp3) is 0.400. The van der Waals surface area contributed by atoms with Crippen molar-refractivity contribution in [3.05, 3.63) is 52.7 Å². The van der Waals surface area contributed by atoms with Gasteiger partial charge in [0.1, 0.15) is 11.6 Å². The maximum Gasteiger partial charge on any atom is 0.417 e. The van der Waals surface area contributed by atoms with Crippen LogP contribution in [0.1, 0.15) is 18.1 Å². The van der Waals surface area contributed by atoms with E-state index in [1.54, 1.807) is 9.80 Å². The molecular formula is C20H21ClF3N3O2. The SMILES string of the molecule is CCc1ccccc1OCC(=O)N1CCN(c2ncc(C(F)(F)F)cc2Cl)CC1. The van der Waals surface area contributed by atoms with Crippen LogP contribution in [0, 0.1) is 0 Å². The number of aromatic nitrogens is 1. The predicted octanol–water partition coefficient (Wildman–Crippen LogP) is 4.04. The number of pyridine rings is 1. The summed E-state index contributed by atoms with van der Waals surface area (Å²) in [6.07, 6.45) is -2.90. The Morgan fingerprint density at radius 2 is 1.90 bits per heavy atom. The van der Waals surface area contributed by atoms with Gasteiger partial charge in [0.2, 0.25) is 0 Å². The van der Waals surface area contributed by atoms with Gasteiger partial charge in [-0.1, -0.05) is 36.7 Å². The van der Waals surface area contributed by atoms with Crippen LogP contribution in [-0.4, -0.2) is 48.6 Å². The molecule has 0 saturated carbocycles. The minimum absolute atomic E-state index is 0.0564. The molecule has 1 aliphatic rings. The average Bonchev–Trinajstić information content (AvgIpc) is 2.71. The van der Waals surface area contributed by atoms with Gasteiger partial charge in [-0.15, -0.1) is 0 Å². The minimum atomic E-state index is -4.49. The summed E-state index contributed by atoms with van der Waals surface area (Å²) in [4.78, 5) is 19.8. The molecule has 1 amide bonds. The summed E-state index contributed by atoms with van der Waals surface area (Å²) in [6.45, 7) is 3.64. The van der Waals surface area contributed by atoms with Gasteiger partial charge >= 0.3 is 6.18 Å². The molecule has 1 aliphatic heterocycles. The van der Waals surface area contributed by atoms with E-state index in [9.17, 15) is 18.0 Å². The predicted molar refractivity (Wildman–Crippen MR) is 104 cm³/mol. The van der Waals surface area contributed by atoms with E-state index in [-0.39, 0.29) is 17.5 Å². The van der Waals surface area contributed by atoms with Gasteiger partial charge in [0.25, 0.3) is 5.91 Å². The lowest BCUT2D eigenvalue weighted by Gasteiger charge is -2.35. The number of hydrogen-bond donors (Lipinski definition) is 0. The quantitative estimate of drug-likeness (QED) is 0.722. The number of nitrogens with zero attached hydrogens (tertiary/aromatic N) is 3. The Hall–Kier alpha value is -2.48. The molecule has 3 rings (SSSR count). The molecule has 29 heavy (non-hydrogen) atoms. The number of aryl methyl sites for hydroxylation is 1. The van der Waals surface area contributed by atoms with Crippen molar-refractivity contribution in [2.24, 2.45) is 0 Å². The summed E-state index contributed by atoms with van der Waals surface area (Å²) >= 11 is 6.01. The van der Waals surface area contributed by atoms with Crippen molar-refractivity contribution in [1.82, 2.24) is 9.88 Å². The number of carbonyl (C=O) groups is 1. The maximum absolute atomic E-state index is 12.8. The zero-order valence-corrected chi connectivity index (χ0v) is 16.6. The van der Waals surface area contributed by atoms with Gasteiger partial charge in [0.05, 0.1) is 10.6 Å². The fourth-order valence-corrected chi connectivity index (χ4v) is 3.44. The van der Waals surface area contributed by atoms with E-state index >= 15 is 0 Å². The summed E-state index contributed by atoms with van der Waals surface area (Å²) in [7, 11) is 0. The minimum Gasteiger partial charge on any atom is -0.483 e. The van der Waals surface area contributed by atoms with Crippen LogP contribution in [0.3, 0.4) is 0 Å². The zero-order chi connectivity index (χ0) is 21.0. The summed E-state index contributed by atoms with van der Waals surface area (Å²) in [5, 5.41) is -0.0564. The molecule has 0 unspecified atom stereocenters. The molecule has 1 aromatic heterocycles. The molecule has 0 aliphatic carbocycles. The van der Waals surface area contributed by atoms with Gasteiger partial charge in [-0.3, -0.25) is 4.79 Å². The number of amides is 1. The first kappa shape index (κ1) is 21.2. The number of benzene rings is 1. The Labute approximate surface area is 172 Å². The Balaban J connectivity index is 1.55. The molecule has 9 heteroatoms. The van der Waals surface area contributed by atoms with Gasteiger partial charge in [0.15, 0.2) is 6.61 Å². The third-order valence-electron chi connectivity index (χ3n) is 4.79. The zero-order valence-electron chi connectivity index (χ0n) is 15.9. The second-order valence-corrected chi connectivity index (χ2v) is 7.05. The molecule has 156 valence electrons. The number of piperazine rings is 1. The molecule has 5 nitrogen and oxygen atoms in total. The number of halogens is 4. The summed E-state index contributed by atoms with van der Waals surface area (Å²) in [5.74, 6) is 0.852. The first-order valence-electron chi connectivity index (χ1n) is 9.25. The molecule has 2 aromatic rings. The van der Waals surface area contributed by atoms with E-state index in [1.807, 2.05) is 31.2 Å². The van der Waals surface area contributed by atoms with Gasteiger partial charge in [-0.25, -0.2) is 4.98 Å². The largest absolute Gasteiger partial charge is 0.483 e. The van der Waals surface area contributed by atoms with Crippen LogP contribution in [0.25, 0.3) is 0 Å². The molecule has 0 atom stereocenters. The molecule has 2 heterocycles. The molecule has 1 saturated heterocycles. The van der Waals surface area contributed by atoms with Gasteiger partial charge < -0.3 is 14.5 Å². The van der Waals surface area contributed by atoms with Crippen molar-refractivity contribution >= 4 is 23.3 Å². The average molecular weight is 428 g/mol. The molecule has 0 N–H and O–H groups in total. The number of anilines is 1. The number of ether oxygens (including phenoxy) is 1. The summed E-state index contributed by atoms with van der Waals surface area (Å²) in [6, 6.07) is 8.45. The van der Waals surface area contributed by atoms with Crippen LogP contribution in [0.4, 0.5) is 19.0 Å². The van der Waals surface area contributed by atoms with Crippen LogP contribution < -0.4 is 9.64 Å². The molecular weight excluding hydrogens is 407 g/mol. The Morgan fingerprint density at radius 3 is 2.52 bits per heavy atom. The highest BCUT2D eigenvalue weighted by Crippen LogP contribution is 2.33. The third kappa shape index (κ3) is 5.12. The Kier molecular flexibility index (Phi) is 6.52. The van der Waals surface area contributed by atoms with E-state index in [2.05, 4.69) is 4.98 Å². The number of alkyl halides is 3. The van der Waals surface area contributed by atoms with Crippen molar-refractivity contribution in [3.8, 4) is 5.75 Å². The fourth-order valence-electron chi connectivity index (χ4n) is 3.15. The second-order valence-electron chi connectivity index (χ2n) is 6.64. The van der Waals surface area contributed by atoms with Crippen LogP contribution in [-0.2, 0) is 17.4 Å². The first-order chi connectivity index (χ1) is 13.8. The lowest BCUT2D eigenvalue weighted by Crippen LogP contribution is -2.50. The lowest BCUT2D eigenvalue weighted by molar-refractivity contribution is -0.138. The highest BCUT2D eigenvalue weighted by atomic mass is 35.5. The number of rotatable bonds is 5. The number of para-hydroxylation sites is 1. The van der Waals surface area contributed by atoms with Crippen LogP contribution in [0.5, 0.6) is 5.75 Å². The van der Waals surface area contributed by atoms with Crippen molar-refractivity contribution in [2.45, 2.75) is 19.5 Å². The van der Waals surface area contributed by atoms with E-state index in [0.717, 1.165) is 24.2 Å². The highest BCUT2D eigenvalue weighted by Gasteiger charge is 2.32. The van der Waals surface area contributed by atoms with Crippen molar-refractivity contribution in [2.75, 3.05) is 37.7 Å². The lowest BCUT2D eigenvalue weighted by atomic mass is 10.1. The molecule has 0 bridgehead atoms. The first-order valence-corrected chi connectivity index (χ1v) is 9.63. The Bertz CT molecular complexity index is 868. The standard InChI is InChI=1S/C20H21ClF3N3O2/c1-2-14-5-3-4-6-17(14)29-13-18(28)26-7-9-27(10-8-26)19-16(21)11-15(12-25-19)20(22,23)24/h3-6,11-12H,2,7-10,13H2,1H3. The van der Waals surface area contributed by atoms with Gasteiger partial charge in [0, 0.05) is 32.4 Å². The van der Waals surface area contributed by atoms with Crippen molar-refractivity contribution in [3.63, 3.8) is 0 Å². The number of hydrogen-bond acceptors (Lipinski definition) is 4. The van der Waals surface area contributed by atoms with E-state index in [0.29, 0.717) is 37.7 Å². The second kappa shape index (κ2) is 8.90. The monoisotopic (exact) mass is 427 g/mol. The maximum atomic E-state index is 12.8. The molecule has 0 radical (unpaired) electrons. The molecule has 1 fully saturated rings. The topological polar surface area (TPSA) is 45.7 Å². The normalized spacial score (nSPS) is 14.8. The Morgan fingerprint density at radius 1 is 1.21 bits per heavy atom. The van der Waals surface area contributed by atoms with Gasteiger partial charge in [-0.2, -0.15) is 13.2 Å². The smallest absolute Gasteiger partial charge is 0.417 e. The third-order valence-corrected chi connectivity index (χ3v) is 5.06. The highest BCUT2D eigenvalue weighted by molar-refractivity contribution is 6.33. The van der Waals surface area contributed by atoms with E-state index < -0.39 is 11.7 Å². The number of carbonyl (C=O) groups excluding carboxylic acids is 1. The van der Waals surface area contributed by atoms with E-state index in [4.69, 9.17) is 16.3 Å². The van der Waals surface area contributed by atoms with Crippen molar-refractivity contribution in [1.29, 1.82) is 0 Å². The summed E-state index contributed by atoms with van der Waals surface area (Å²) in [5.41, 5.74) is 0.151. The van der Waals surface area contributed by atoms with Gasteiger partial charge in [-0.05, 0) is 24.1 Å².